The number of nitrogens with one attached hydrogen (secondary N) is 1. The number of aliphatic hydroxyl groups is 1. The zero-order chi connectivity index (χ0) is 21.9. The SMILES string of the molecule is C[C@H](O)CS(=O)(=O)c1ccc(C(=O)Nc2ccc(Cl)c(-c3ccccn3)c2)c(Cl)c1. The minimum absolute atomic E-state index is 0.0157. The van der Waals surface area contributed by atoms with Gasteiger partial charge in [-0.3, -0.25) is 9.78 Å². The Morgan fingerprint density at radius 2 is 1.87 bits per heavy atom. The fourth-order valence-corrected chi connectivity index (χ4v) is 4.75. The number of rotatable bonds is 6. The van der Waals surface area contributed by atoms with Gasteiger partial charge in [-0.2, -0.15) is 0 Å². The van der Waals surface area contributed by atoms with Crippen LogP contribution in [0.1, 0.15) is 17.3 Å². The minimum atomic E-state index is -3.71. The molecule has 0 unspecified atom stereocenters. The summed E-state index contributed by atoms with van der Waals surface area (Å²) in [6.07, 6.45) is 0.624. The summed E-state index contributed by atoms with van der Waals surface area (Å²) < 4.78 is 24.5. The molecule has 3 rings (SSSR count). The van der Waals surface area contributed by atoms with Crippen molar-refractivity contribution >= 4 is 44.6 Å². The molecule has 156 valence electrons. The molecule has 0 aliphatic heterocycles. The van der Waals surface area contributed by atoms with E-state index >= 15 is 0 Å². The highest BCUT2D eigenvalue weighted by Gasteiger charge is 2.20. The van der Waals surface area contributed by atoms with Gasteiger partial charge in [-0.25, -0.2) is 8.42 Å². The highest BCUT2D eigenvalue weighted by Crippen LogP contribution is 2.30. The predicted octanol–water partition coefficient (Wildman–Crippen LogP) is 4.46. The van der Waals surface area contributed by atoms with E-state index in [1.165, 1.54) is 25.1 Å². The van der Waals surface area contributed by atoms with E-state index in [0.29, 0.717) is 22.0 Å². The van der Waals surface area contributed by atoms with Gasteiger partial charge in [0.05, 0.1) is 38.1 Å². The number of hydrogen-bond donors (Lipinski definition) is 2. The molecule has 0 saturated carbocycles. The van der Waals surface area contributed by atoms with Crippen molar-refractivity contribution in [3.63, 3.8) is 0 Å². The van der Waals surface area contributed by atoms with Crippen LogP contribution in [0.25, 0.3) is 11.3 Å². The van der Waals surface area contributed by atoms with Crippen molar-refractivity contribution in [3.05, 3.63) is 76.4 Å². The zero-order valence-corrected chi connectivity index (χ0v) is 18.2. The number of sulfone groups is 1. The first-order valence-corrected chi connectivity index (χ1v) is 11.3. The summed E-state index contributed by atoms with van der Waals surface area (Å²) in [5.41, 5.74) is 1.90. The summed E-state index contributed by atoms with van der Waals surface area (Å²) in [5.74, 6) is -0.940. The Balaban J connectivity index is 1.85. The lowest BCUT2D eigenvalue weighted by molar-refractivity contribution is 0.102. The normalized spacial score (nSPS) is 12.4. The summed E-state index contributed by atoms with van der Waals surface area (Å²) in [6.45, 7) is 1.38. The molecule has 1 amide bonds. The number of benzene rings is 2. The maximum atomic E-state index is 12.7. The molecule has 0 aliphatic carbocycles. The van der Waals surface area contributed by atoms with Crippen LogP contribution in [0, 0.1) is 0 Å². The molecule has 6 nitrogen and oxygen atoms in total. The number of carbonyl (C=O) groups is 1. The van der Waals surface area contributed by atoms with Gasteiger partial charge in [0, 0.05) is 17.4 Å². The first-order chi connectivity index (χ1) is 14.2. The summed E-state index contributed by atoms with van der Waals surface area (Å²) >= 11 is 12.4. The smallest absolute Gasteiger partial charge is 0.257 e. The van der Waals surface area contributed by atoms with Crippen molar-refractivity contribution in [2.24, 2.45) is 0 Å². The Labute approximate surface area is 184 Å². The first kappa shape index (κ1) is 22.2. The van der Waals surface area contributed by atoms with Crippen LogP contribution in [-0.2, 0) is 9.84 Å². The number of hydrogen-bond acceptors (Lipinski definition) is 5. The van der Waals surface area contributed by atoms with Crippen LogP contribution in [0.3, 0.4) is 0 Å². The number of nitrogens with zero attached hydrogens (tertiary/aromatic N) is 1. The van der Waals surface area contributed by atoms with E-state index < -0.39 is 27.6 Å². The van der Waals surface area contributed by atoms with E-state index in [2.05, 4.69) is 10.3 Å². The van der Waals surface area contributed by atoms with Crippen molar-refractivity contribution in [2.75, 3.05) is 11.1 Å². The predicted molar refractivity (Wildman–Crippen MR) is 118 cm³/mol. The van der Waals surface area contributed by atoms with Crippen molar-refractivity contribution in [2.45, 2.75) is 17.9 Å². The maximum Gasteiger partial charge on any atom is 0.257 e. The van der Waals surface area contributed by atoms with Crippen molar-refractivity contribution in [1.29, 1.82) is 0 Å². The molecule has 3 aromatic rings. The van der Waals surface area contributed by atoms with Gasteiger partial charge >= 0.3 is 0 Å². The minimum Gasteiger partial charge on any atom is -0.392 e. The van der Waals surface area contributed by atoms with E-state index in [1.54, 1.807) is 36.5 Å². The van der Waals surface area contributed by atoms with Gasteiger partial charge in [0.1, 0.15) is 0 Å². The molecule has 1 heterocycles. The average Bonchev–Trinajstić information content (AvgIpc) is 2.69. The first-order valence-electron chi connectivity index (χ1n) is 8.90. The third-order valence-corrected chi connectivity index (χ3v) is 6.71. The zero-order valence-electron chi connectivity index (χ0n) is 15.8. The van der Waals surface area contributed by atoms with Gasteiger partial charge in [0.2, 0.25) is 0 Å². The number of aliphatic hydroxyl groups excluding tert-OH is 1. The van der Waals surface area contributed by atoms with Crippen molar-refractivity contribution < 1.29 is 18.3 Å². The molecular weight excluding hydrogens is 447 g/mol. The number of anilines is 1. The lowest BCUT2D eigenvalue weighted by Gasteiger charge is -2.11. The number of amides is 1. The maximum absolute atomic E-state index is 12.7. The molecule has 2 N–H and O–H groups in total. The molecule has 1 atom stereocenters. The third-order valence-electron chi connectivity index (χ3n) is 4.17. The quantitative estimate of drug-likeness (QED) is 0.560. The standard InChI is InChI=1S/C21H18Cl2N2O4S/c1-13(26)12-30(28,29)15-6-7-16(19(23)11-15)21(27)25-14-5-8-18(22)17(10-14)20-4-2-3-9-24-20/h2-11,13,26H,12H2,1H3,(H,25,27)/t13-/m0/s1. The van der Waals surface area contributed by atoms with Gasteiger partial charge in [-0.05, 0) is 55.5 Å². The van der Waals surface area contributed by atoms with E-state index in [-0.39, 0.29) is 15.5 Å². The second-order valence-electron chi connectivity index (χ2n) is 6.64. The van der Waals surface area contributed by atoms with Gasteiger partial charge in [-0.15, -0.1) is 0 Å². The third kappa shape index (κ3) is 5.17. The monoisotopic (exact) mass is 464 g/mol. The molecule has 0 radical (unpaired) electrons. The Kier molecular flexibility index (Phi) is 6.77. The molecule has 0 aliphatic rings. The lowest BCUT2D eigenvalue weighted by Crippen LogP contribution is -2.18. The molecule has 2 aromatic carbocycles. The Morgan fingerprint density at radius 1 is 1.10 bits per heavy atom. The molecule has 0 saturated heterocycles. The van der Waals surface area contributed by atoms with Crippen LogP contribution in [0.2, 0.25) is 10.0 Å². The number of halogens is 2. The summed E-state index contributed by atoms with van der Waals surface area (Å²) in [7, 11) is -3.71. The molecule has 0 spiro atoms. The highest BCUT2D eigenvalue weighted by molar-refractivity contribution is 7.91. The van der Waals surface area contributed by atoms with Crippen LogP contribution in [-0.4, -0.2) is 36.3 Å². The summed E-state index contributed by atoms with van der Waals surface area (Å²) in [5, 5.41) is 12.6. The van der Waals surface area contributed by atoms with Crippen LogP contribution in [0.15, 0.2) is 65.7 Å². The molecule has 0 bridgehead atoms. The number of aromatic nitrogens is 1. The van der Waals surface area contributed by atoms with Gasteiger partial charge in [0.15, 0.2) is 9.84 Å². The van der Waals surface area contributed by atoms with E-state index in [4.69, 9.17) is 23.2 Å². The fourth-order valence-electron chi connectivity index (χ4n) is 2.81. The van der Waals surface area contributed by atoms with Gasteiger partial charge < -0.3 is 10.4 Å². The molecule has 1 aromatic heterocycles. The van der Waals surface area contributed by atoms with E-state index in [1.807, 2.05) is 6.07 Å². The molecule has 0 fully saturated rings. The van der Waals surface area contributed by atoms with Gasteiger partial charge in [0.25, 0.3) is 5.91 Å². The topological polar surface area (TPSA) is 96.4 Å². The Morgan fingerprint density at radius 3 is 2.50 bits per heavy atom. The van der Waals surface area contributed by atoms with Crippen molar-refractivity contribution in [1.82, 2.24) is 4.98 Å². The Bertz CT molecular complexity index is 1180. The largest absolute Gasteiger partial charge is 0.392 e. The van der Waals surface area contributed by atoms with Crippen molar-refractivity contribution in [3.8, 4) is 11.3 Å². The second-order valence-corrected chi connectivity index (χ2v) is 9.48. The fraction of sp³-hybridized carbons (Fsp3) is 0.143. The van der Waals surface area contributed by atoms with Gasteiger partial charge in [-0.1, -0.05) is 29.3 Å². The van der Waals surface area contributed by atoms with Crippen LogP contribution in [0.5, 0.6) is 0 Å². The summed E-state index contributed by atoms with van der Waals surface area (Å²) in [6, 6.07) is 14.2. The highest BCUT2D eigenvalue weighted by atomic mass is 35.5. The second kappa shape index (κ2) is 9.14. The Hall–Kier alpha value is -2.45. The van der Waals surface area contributed by atoms with Crippen LogP contribution in [0.4, 0.5) is 5.69 Å². The van der Waals surface area contributed by atoms with Crippen LogP contribution >= 0.6 is 23.2 Å². The van der Waals surface area contributed by atoms with E-state index in [9.17, 15) is 18.3 Å². The average molecular weight is 465 g/mol. The summed E-state index contributed by atoms with van der Waals surface area (Å²) in [4.78, 5) is 16.9. The number of carbonyl (C=O) groups excluding carboxylic acids is 1. The van der Waals surface area contributed by atoms with Crippen LogP contribution < -0.4 is 5.32 Å². The molecular formula is C21H18Cl2N2O4S. The lowest BCUT2D eigenvalue weighted by atomic mass is 10.1. The number of pyridine rings is 1. The van der Waals surface area contributed by atoms with E-state index in [0.717, 1.165) is 0 Å². The molecule has 30 heavy (non-hydrogen) atoms. The molecule has 9 heteroatoms.